The van der Waals surface area contributed by atoms with Gasteiger partial charge in [0.2, 0.25) is 11.8 Å². The molecule has 1 aliphatic heterocycles. The van der Waals surface area contributed by atoms with E-state index in [1.807, 2.05) is 36.4 Å². The zero-order chi connectivity index (χ0) is 28.4. The Labute approximate surface area is 234 Å². The molecule has 5 rings (SSSR count). The molecule has 0 aliphatic carbocycles. The molecule has 0 fully saturated rings. The standard InChI is InChI=1S/C30H27FN4O4S/c1-34-26(36)11-8-19-13-21(16-32-28(19)34)23-10-9-22(31)15-24(23)25-17-40-30(33-25)35(2)29(39)20(14-27(37)38)12-18-6-4-3-5-7-18/h3-7,9-10,13,15-17,20H,8,11-12,14H2,1-2H3,(H,37,38)/t20-/m1/s1. The van der Waals surface area contributed by atoms with E-state index in [1.54, 1.807) is 36.6 Å². The third-order valence-corrected chi connectivity index (χ3v) is 7.93. The van der Waals surface area contributed by atoms with E-state index in [0.717, 1.165) is 22.3 Å². The number of thiazole rings is 1. The number of aryl methyl sites for hydroxylation is 1. The molecular formula is C30H27FN4O4S. The van der Waals surface area contributed by atoms with Crippen LogP contribution >= 0.6 is 11.3 Å². The number of nitrogens with zero attached hydrogens (tertiary/aromatic N) is 4. The highest BCUT2D eigenvalue weighted by Gasteiger charge is 2.28. The molecule has 0 saturated heterocycles. The van der Waals surface area contributed by atoms with Gasteiger partial charge in [-0.05, 0) is 47.7 Å². The van der Waals surface area contributed by atoms with E-state index in [0.29, 0.717) is 35.0 Å². The number of benzene rings is 2. The van der Waals surface area contributed by atoms with E-state index in [4.69, 9.17) is 0 Å². The van der Waals surface area contributed by atoms with E-state index in [-0.39, 0.29) is 24.7 Å². The van der Waals surface area contributed by atoms with E-state index < -0.39 is 17.7 Å². The first-order chi connectivity index (χ1) is 19.2. The zero-order valence-electron chi connectivity index (χ0n) is 22.0. The Bertz CT molecular complexity index is 1590. The summed E-state index contributed by atoms with van der Waals surface area (Å²) in [6, 6.07) is 15.7. The van der Waals surface area contributed by atoms with Crippen LogP contribution in [-0.4, -0.2) is 47.0 Å². The van der Waals surface area contributed by atoms with Gasteiger partial charge < -0.3 is 5.11 Å². The van der Waals surface area contributed by atoms with Gasteiger partial charge in [-0.3, -0.25) is 24.2 Å². The Balaban J connectivity index is 1.44. The van der Waals surface area contributed by atoms with Crippen LogP contribution in [-0.2, 0) is 27.2 Å². The summed E-state index contributed by atoms with van der Waals surface area (Å²) in [6.45, 7) is 0. The topological polar surface area (TPSA) is 104 Å². The van der Waals surface area contributed by atoms with Crippen molar-refractivity contribution in [1.29, 1.82) is 0 Å². The van der Waals surface area contributed by atoms with Crippen molar-refractivity contribution >= 4 is 40.1 Å². The van der Waals surface area contributed by atoms with Gasteiger partial charge in [0.05, 0.1) is 18.0 Å². The van der Waals surface area contributed by atoms with E-state index in [9.17, 15) is 23.9 Å². The molecule has 2 aromatic carbocycles. The number of rotatable bonds is 8. The quantitative estimate of drug-likeness (QED) is 0.318. The number of fused-ring (bicyclic) bond motifs is 1. The van der Waals surface area contributed by atoms with Gasteiger partial charge in [-0.1, -0.05) is 36.4 Å². The van der Waals surface area contributed by atoms with Crippen LogP contribution in [0.1, 0.15) is 24.0 Å². The van der Waals surface area contributed by atoms with Gasteiger partial charge in [-0.25, -0.2) is 14.4 Å². The second-order valence-corrected chi connectivity index (χ2v) is 10.6. The molecule has 40 heavy (non-hydrogen) atoms. The van der Waals surface area contributed by atoms with Crippen LogP contribution in [0.5, 0.6) is 0 Å². The van der Waals surface area contributed by atoms with E-state index in [2.05, 4.69) is 9.97 Å². The predicted octanol–water partition coefficient (Wildman–Crippen LogP) is 5.22. The number of carboxylic acids is 1. The number of carbonyl (C=O) groups excluding carboxylic acids is 2. The van der Waals surface area contributed by atoms with Gasteiger partial charge in [0.25, 0.3) is 0 Å². The molecule has 2 amide bonds. The number of halogens is 1. The van der Waals surface area contributed by atoms with Crippen LogP contribution in [0.2, 0.25) is 0 Å². The summed E-state index contributed by atoms with van der Waals surface area (Å²) >= 11 is 1.22. The molecule has 3 heterocycles. The Kier molecular flexibility index (Phi) is 7.70. The highest BCUT2D eigenvalue weighted by molar-refractivity contribution is 7.14. The molecule has 8 nitrogen and oxygen atoms in total. The maximum Gasteiger partial charge on any atom is 0.304 e. The summed E-state index contributed by atoms with van der Waals surface area (Å²) in [5.41, 5.74) is 4.31. The second kappa shape index (κ2) is 11.4. The zero-order valence-corrected chi connectivity index (χ0v) is 22.8. The number of carbonyl (C=O) groups is 3. The van der Waals surface area contributed by atoms with Crippen molar-refractivity contribution in [2.24, 2.45) is 5.92 Å². The maximum atomic E-state index is 14.4. The molecule has 0 bridgehead atoms. The first kappa shape index (κ1) is 27.1. The summed E-state index contributed by atoms with van der Waals surface area (Å²) in [4.78, 5) is 49.1. The molecule has 4 aromatic rings. The van der Waals surface area contributed by atoms with E-state index >= 15 is 0 Å². The monoisotopic (exact) mass is 558 g/mol. The number of aromatic nitrogens is 2. The van der Waals surface area contributed by atoms with Crippen molar-refractivity contribution in [2.75, 3.05) is 23.9 Å². The highest BCUT2D eigenvalue weighted by atomic mass is 32.1. The number of anilines is 2. The lowest BCUT2D eigenvalue weighted by Gasteiger charge is -2.25. The minimum Gasteiger partial charge on any atom is -0.481 e. The van der Waals surface area contributed by atoms with Crippen molar-refractivity contribution in [3.05, 3.63) is 83.1 Å². The van der Waals surface area contributed by atoms with Gasteiger partial charge in [0, 0.05) is 43.2 Å². The normalized spacial score (nSPS) is 13.6. The van der Waals surface area contributed by atoms with Crippen molar-refractivity contribution in [2.45, 2.75) is 25.7 Å². The van der Waals surface area contributed by atoms with E-state index in [1.165, 1.54) is 28.4 Å². The Morgan fingerprint density at radius 1 is 1.12 bits per heavy atom. The second-order valence-electron chi connectivity index (χ2n) is 9.75. The smallest absolute Gasteiger partial charge is 0.304 e. The average molecular weight is 559 g/mol. The molecule has 0 saturated carbocycles. The fourth-order valence-corrected chi connectivity index (χ4v) is 5.71. The fraction of sp³-hybridized carbons (Fsp3) is 0.233. The molecular weight excluding hydrogens is 531 g/mol. The van der Waals surface area contributed by atoms with Crippen molar-refractivity contribution in [1.82, 2.24) is 9.97 Å². The number of aliphatic carboxylic acids is 1. The molecule has 1 N–H and O–H groups in total. The summed E-state index contributed by atoms with van der Waals surface area (Å²) in [5, 5.41) is 11.6. The van der Waals surface area contributed by atoms with Crippen LogP contribution in [0.15, 0.2) is 66.2 Å². The maximum absolute atomic E-state index is 14.4. The van der Waals surface area contributed by atoms with Gasteiger partial charge >= 0.3 is 5.97 Å². The number of hydrogen-bond donors (Lipinski definition) is 1. The first-order valence-corrected chi connectivity index (χ1v) is 13.6. The number of amides is 2. The fourth-order valence-electron chi connectivity index (χ4n) is 4.91. The molecule has 204 valence electrons. The lowest BCUT2D eigenvalue weighted by atomic mass is 9.95. The first-order valence-electron chi connectivity index (χ1n) is 12.8. The largest absolute Gasteiger partial charge is 0.481 e. The lowest BCUT2D eigenvalue weighted by molar-refractivity contribution is -0.140. The predicted molar refractivity (Wildman–Crippen MR) is 152 cm³/mol. The molecule has 1 aliphatic rings. The highest BCUT2D eigenvalue weighted by Crippen LogP contribution is 2.37. The van der Waals surface area contributed by atoms with Gasteiger partial charge in [0.15, 0.2) is 5.13 Å². The van der Waals surface area contributed by atoms with Crippen LogP contribution in [0.4, 0.5) is 15.3 Å². The molecule has 0 radical (unpaired) electrons. The lowest BCUT2D eigenvalue weighted by Crippen LogP contribution is -2.35. The minimum absolute atomic E-state index is 0.0123. The van der Waals surface area contributed by atoms with Crippen LogP contribution in [0, 0.1) is 11.7 Å². The Morgan fingerprint density at radius 2 is 1.90 bits per heavy atom. The number of pyridine rings is 1. The van der Waals surface area contributed by atoms with Gasteiger partial charge in [-0.2, -0.15) is 0 Å². The SMILES string of the molecule is CN(C(=O)[C@@H](CC(=O)O)Cc1ccccc1)c1nc(-c2cc(F)ccc2-c2cnc3c(c2)CCC(=O)N3C)cs1. The molecule has 2 aromatic heterocycles. The average Bonchev–Trinajstić information content (AvgIpc) is 3.44. The van der Waals surface area contributed by atoms with Crippen molar-refractivity contribution < 1.29 is 23.9 Å². The third-order valence-electron chi connectivity index (χ3n) is 7.02. The van der Waals surface area contributed by atoms with Crippen LogP contribution in [0.25, 0.3) is 22.4 Å². The number of carboxylic acid groups (broad SMARTS) is 1. The molecule has 0 unspecified atom stereocenters. The van der Waals surface area contributed by atoms with Crippen LogP contribution < -0.4 is 9.80 Å². The number of hydrogen-bond acceptors (Lipinski definition) is 6. The minimum atomic E-state index is -1.05. The Morgan fingerprint density at radius 3 is 2.65 bits per heavy atom. The molecule has 10 heteroatoms. The van der Waals surface area contributed by atoms with Gasteiger partial charge in [-0.15, -0.1) is 11.3 Å². The van der Waals surface area contributed by atoms with Crippen molar-refractivity contribution in [3.8, 4) is 22.4 Å². The molecule has 0 spiro atoms. The summed E-state index contributed by atoms with van der Waals surface area (Å²) in [5.74, 6) is -1.98. The molecule has 1 atom stereocenters. The third kappa shape index (κ3) is 5.62. The Hall–Kier alpha value is -4.44. The van der Waals surface area contributed by atoms with Gasteiger partial charge in [0.1, 0.15) is 11.6 Å². The van der Waals surface area contributed by atoms with Crippen LogP contribution in [0.3, 0.4) is 0 Å². The van der Waals surface area contributed by atoms with Crippen molar-refractivity contribution in [3.63, 3.8) is 0 Å². The summed E-state index contributed by atoms with van der Waals surface area (Å²) in [7, 11) is 3.27. The summed E-state index contributed by atoms with van der Waals surface area (Å²) in [6.07, 6.45) is 2.61. The summed E-state index contributed by atoms with van der Waals surface area (Å²) < 4.78 is 14.4.